The summed E-state index contributed by atoms with van der Waals surface area (Å²) >= 11 is 1.15. The van der Waals surface area contributed by atoms with Crippen LogP contribution < -0.4 is 16.4 Å². The molecular formula is C39H68N7O17P3S. The molecule has 7 atom stereocenters. The lowest BCUT2D eigenvalue weighted by Crippen LogP contribution is -2.46. The van der Waals surface area contributed by atoms with Crippen molar-refractivity contribution in [1.82, 2.24) is 30.2 Å². The van der Waals surface area contributed by atoms with E-state index in [0.29, 0.717) is 12.2 Å². The number of thioether (sulfide) groups is 1. The smallest absolute Gasteiger partial charge is 0.386 e. The number of ether oxygens (including phenoxy) is 1. The van der Waals surface area contributed by atoms with Crippen molar-refractivity contribution >= 4 is 69.1 Å². The van der Waals surface area contributed by atoms with Crippen molar-refractivity contribution in [2.24, 2.45) is 5.41 Å². The van der Waals surface area contributed by atoms with Gasteiger partial charge in [-0.1, -0.05) is 96.1 Å². The highest BCUT2D eigenvalue weighted by Crippen LogP contribution is 2.61. The van der Waals surface area contributed by atoms with E-state index in [-0.39, 0.29) is 41.6 Å². The number of unbranched alkanes of at least 4 members (excludes halogenated alkanes) is 11. The Labute approximate surface area is 394 Å². The Morgan fingerprint density at radius 1 is 0.896 bits per heavy atom. The first-order valence-electron chi connectivity index (χ1n) is 22.3. The van der Waals surface area contributed by atoms with E-state index in [1.807, 2.05) is 0 Å². The topological polar surface area (TPSA) is 364 Å². The van der Waals surface area contributed by atoms with E-state index >= 15 is 0 Å². The number of nitrogens with one attached hydrogen (secondary N) is 2. The lowest BCUT2D eigenvalue weighted by Gasteiger charge is -2.30. The largest absolute Gasteiger partial charge is 0.481 e. The maximum atomic E-state index is 12.7. The lowest BCUT2D eigenvalue weighted by molar-refractivity contribution is -0.137. The van der Waals surface area contributed by atoms with Gasteiger partial charge >= 0.3 is 23.5 Å². The number of amides is 2. The fourth-order valence-corrected chi connectivity index (χ4v) is 10.3. The number of fused-ring (bicyclic) bond motifs is 1. The normalized spacial score (nSPS) is 20.2. The van der Waals surface area contributed by atoms with Crippen molar-refractivity contribution in [2.75, 3.05) is 37.8 Å². The van der Waals surface area contributed by atoms with Gasteiger partial charge in [-0.15, -0.1) is 0 Å². The number of aliphatic hydroxyl groups excluding tert-OH is 2. The second-order valence-electron chi connectivity index (χ2n) is 16.6. The molecule has 382 valence electrons. The number of hydrogen-bond donors (Lipinski definition) is 9. The van der Waals surface area contributed by atoms with Gasteiger partial charge in [0.2, 0.25) is 11.8 Å². The maximum absolute atomic E-state index is 12.7. The number of carbonyl (C=O) groups excluding carboxylic acids is 3. The zero-order valence-electron chi connectivity index (χ0n) is 38.1. The Hall–Kier alpha value is -2.70. The van der Waals surface area contributed by atoms with E-state index in [1.54, 1.807) is 0 Å². The van der Waals surface area contributed by atoms with Gasteiger partial charge in [-0.2, -0.15) is 4.31 Å². The van der Waals surface area contributed by atoms with Gasteiger partial charge in [0.15, 0.2) is 22.8 Å². The zero-order valence-corrected chi connectivity index (χ0v) is 41.6. The molecule has 1 aliphatic rings. The van der Waals surface area contributed by atoms with Crippen LogP contribution in [0.15, 0.2) is 24.8 Å². The fraction of sp³-hybridized carbons (Fsp3) is 0.744. The third kappa shape index (κ3) is 21.9. The van der Waals surface area contributed by atoms with Gasteiger partial charge in [0.25, 0.3) is 0 Å². The minimum Gasteiger partial charge on any atom is -0.386 e. The number of phosphoric ester groups is 3. The predicted octanol–water partition coefficient (Wildman–Crippen LogP) is 4.70. The zero-order chi connectivity index (χ0) is 49.7. The molecule has 0 radical (unpaired) electrons. The molecule has 67 heavy (non-hydrogen) atoms. The summed E-state index contributed by atoms with van der Waals surface area (Å²) in [7, 11) is -16.4. The Morgan fingerprint density at radius 2 is 1.52 bits per heavy atom. The molecule has 3 rings (SSSR count). The predicted molar refractivity (Wildman–Crippen MR) is 247 cm³/mol. The molecule has 28 heteroatoms. The number of rotatable bonds is 34. The number of phosphoric acid groups is 3. The van der Waals surface area contributed by atoms with Crippen LogP contribution in [0, 0.1) is 5.41 Å². The molecule has 0 spiro atoms. The van der Waals surface area contributed by atoms with Crippen molar-refractivity contribution in [3.05, 3.63) is 24.8 Å². The van der Waals surface area contributed by atoms with Crippen LogP contribution >= 0.6 is 35.2 Å². The molecule has 1 fully saturated rings. The molecule has 1 saturated heterocycles. The van der Waals surface area contributed by atoms with E-state index in [0.717, 1.165) is 73.9 Å². The van der Waals surface area contributed by atoms with Gasteiger partial charge in [-0.3, -0.25) is 32.5 Å². The van der Waals surface area contributed by atoms with E-state index in [1.165, 1.54) is 52.4 Å². The summed E-state index contributed by atoms with van der Waals surface area (Å²) in [5.74, 6) is -1.03. The van der Waals surface area contributed by atoms with E-state index in [9.17, 15) is 57.9 Å². The van der Waals surface area contributed by atoms with Gasteiger partial charge in [0.1, 0.15) is 36.3 Å². The maximum Gasteiger partial charge on any atom is 0.481 e. The number of hydrogen-bond acceptors (Lipinski definition) is 18. The number of carbonyl (C=O) groups is 3. The van der Waals surface area contributed by atoms with E-state index in [4.69, 9.17) is 19.5 Å². The summed E-state index contributed by atoms with van der Waals surface area (Å²) < 4.78 is 62.4. The summed E-state index contributed by atoms with van der Waals surface area (Å²) in [4.78, 5) is 88.3. The Kier molecular flexibility index (Phi) is 25.2. The monoisotopic (exact) mass is 1030 g/mol. The summed E-state index contributed by atoms with van der Waals surface area (Å²) in [6, 6.07) is 0. The molecule has 2 amide bonds. The van der Waals surface area contributed by atoms with Crippen LogP contribution in [-0.4, -0.2) is 123 Å². The lowest BCUT2D eigenvalue weighted by atomic mass is 9.87. The molecule has 0 bridgehead atoms. The second-order valence-corrected chi connectivity index (χ2v) is 22.0. The van der Waals surface area contributed by atoms with Crippen LogP contribution in [0.5, 0.6) is 0 Å². The van der Waals surface area contributed by atoms with Crippen LogP contribution in [-0.2, 0) is 50.7 Å². The molecule has 0 aliphatic carbocycles. The number of imidazole rings is 1. The fourth-order valence-electron chi connectivity index (χ4n) is 6.71. The first-order valence-corrected chi connectivity index (χ1v) is 27.8. The van der Waals surface area contributed by atoms with Crippen molar-refractivity contribution in [3.8, 4) is 0 Å². The first-order chi connectivity index (χ1) is 31.6. The minimum atomic E-state index is -5.58. The number of allylic oxidation sites excluding steroid dienone is 2. The summed E-state index contributed by atoms with van der Waals surface area (Å²) in [5, 5.41) is 26.7. The van der Waals surface area contributed by atoms with Crippen LogP contribution in [0.25, 0.3) is 11.2 Å². The number of anilines is 1. The molecular weight excluding hydrogens is 963 g/mol. The molecule has 24 nitrogen and oxygen atoms in total. The molecule has 1 aliphatic heterocycles. The quantitative estimate of drug-likeness (QED) is 0.0260. The minimum absolute atomic E-state index is 0.0331. The van der Waals surface area contributed by atoms with Gasteiger partial charge in [-0.25, -0.2) is 28.6 Å². The first kappa shape index (κ1) is 58.6. The number of aliphatic hydroxyl groups is 2. The molecule has 3 unspecified atom stereocenters. The molecule has 3 heterocycles. The third-order valence-corrected chi connectivity index (χ3v) is 14.4. The van der Waals surface area contributed by atoms with E-state index in [2.05, 4.69) is 53.5 Å². The highest BCUT2D eigenvalue weighted by Gasteiger charge is 2.50. The molecule has 10 N–H and O–H groups in total. The van der Waals surface area contributed by atoms with Crippen LogP contribution in [0.3, 0.4) is 0 Å². The highest BCUT2D eigenvalue weighted by atomic mass is 32.2. The summed E-state index contributed by atoms with van der Waals surface area (Å²) in [6.45, 7) is 2.79. The summed E-state index contributed by atoms with van der Waals surface area (Å²) in [5.41, 5.74) is 4.29. The van der Waals surface area contributed by atoms with Gasteiger partial charge < -0.3 is 50.9 Å². The van der Waals surface area contributed by atoms with Crippen LogP contribution in [0.4, 0.5) is 5.82 Å². The van der Waals surface area contributed by atoms with Gasteiger partial charge in [0.05, 0.1) is 19.5 Å². The van der Waals surface area contributed by atoms with Crippen LogP contribution in [0.1, 0.15) is 123 Å². The molecule has 2 aromatic heterocycles. The van der Waals surface area contributed by atoms with Gasteiger partial charge in [-0.05, 0) is 32.1 Å². The molecule has 2 aromatic rings. The average molecular weight is 1030 g/mol. The standard InChI is InChI=1S/C39H68N7O17P3S/c1-4-5-6-7-8-9-10-11-12-13-14-15-16-17-18-19-30(48)67-23-22-41-29(47)20-21-42-37(51)34(50)39(2,3)25-60-66(57,58)63-65(55,56)59-24-28-33(62-64(52,53)54)32(49)38(61-28)46-27-45-31-35(40)43-26-44-36(31)46/h11-12,26-28,32-34,38,49-50H,4-10,13-25H2,1-3H3,(H,41,47)(H,42,51)(H,55,56)(H,57,58)(H2,40,43,44)(H2,52,53,54)/b12-11-/t28-,32?,33+,34+,38-/m1/s1. The van der Waals surface area contributed by atoms with Crippen LogP contribution in [0.2, 0.25) is 0 Å². The van der Waals surface area contributed by atoms with Crippen molar-refractivity contribution in [1.29, 1.82) is 0 Å². The van der Waals surface area contributed by atoms with Crippen molar-refractivity contribution < 1.29 is 80.5 Å². The van der Waals surface area contributed by atoms with Gasteiger partial charge in [0, 0.05) is 37.1 Å². The van der Waals surface area contributed by atoms with E-state index < -0.39 is 84.6 Å². The highest BCUT2D eigenvalue weighted by molar-refractivity contribution is 8.13. The Morgan fingerprint density at radius 3 is 2.18 bits per heavy atom. The Bertz CT molecular complexity index is 2040. The third-order valence-electron chi connectivity index (χ3n) is 10.4. The number of nitrogen functional groups attached to an aromatic ring is 1. The second kappa shape index (κ2) is 28.8. The Balaban J connectivity index is 1.30. The molecule has 0 saturated carbocycles. The number of nitrogens with zero attached hydrogens (tertiary/aromatic N) is 4. The van der Waals surface area contributed by atoms with Crippen molar-refractivity contribution in [3.63, 3.8) is 0 Å². The molecule has 0 aromatic carbocycles. The number of nitrogens with two attached hydrogens (primary N) is 1. The number of aromatic nitrogens is 4. The SMILES string of the molecule is CCCCCCCC/C=C\CCCCCCCC(=O)SCCNC(=O)CCNC(=O)[C@H](O)C(C)(C)COP(=O)(O)OP(=O)(O)OC[C@H]1O[C@@H](n2cnc3c(N)ncnc32)C(O)[C@H]1OP(=O)(O)O. The average Bonchev–Trinajstić information content (AvgIpc) is 3.81. The van der Waals surface area contributed by atoms with Crippen molar-refractivity contribution in [2.45, 2.75) is 148 Å². The summed E-state index contributed by atoms with van der Waals surface area (Å²) in [6.07, 6.45) is 13.5.